The second-order valence-corrected chi connectivity index (χ2v) is 7.09. The fourth-order valence-corrected chi connectivity index (χ4v) is 3.88. The number of nitrogens with zero attached hydrogens (tertiary/aromatic N) is 2. The van der Waals surface area contributed by atoms with Gasteiger partial charge in [-0.05, 0) is 30.3 Å². The van der Waals surface area contributed by atoms with Crippen molar-refractivity contribution in [2.24, 2.45) is 4.99 Å². The van der Waals surface area contributed by atoms with Crippen molar-refractivity contribution >= 4 is 45.9 Å². The Morgan fingerprint density at radius 3 is 2.76 bits per heavy atom. The van der Waals surface area contributed by atoms with Gasteiger partial charge in [0.1, 0.15) is 0 Å². The zero-order valence-corrected chi connectivity index (χ0v) is 14.8. The molecule has 1 aromatic carbocycles. The highest BCUT2D eigenvalue weighted by atomic mass is 35.5. The van der Waals surface area contributed by atoms with Gasteiger partial charge in [-0.1, -0.05) is 23.7 Å². The summed E-state index contributed by atoms with van der Waals surface area (Å²) in [6.45, 7) is 3.25. The van der Waals surface area contributed by atoms with Gasteiger partial charge in [0, 0.05) is 18.0 Å². The lowest BCUT2D eigenvalue weighted by Gasteiger charge is -2.27. The van der Waals surface area contributed by atoms with E-state index in [4.69, 9.17) is 21.1 Å². The van der Waals surface area contributed by atoms with E-state index in [9.17, 15) is 4.79 Å². The van der Waals surface area contributed by atoms with Crippen molar-refractivity contribution in [3.8, 4) is 0 Å². The van der Waals surface area contributed by atoms with Crippen molar-refractivity contribution in [2.45, 2.75) is 0 Å². The molecule has 4 rings (SSSR count). The number of benzene rings is 1. The predicted octanol–water partition coefficient (Wildman–Crippen LogP) is 3.58. The third kappa shape index (κ3) is 3.46. The lowest BCUT2D eigenvalue weighted by molar-refractivity contribution is -0.129. The fraction of sp³-hybridized carbons (Fsp3) is 0.222. The number of morpholine rings is 1. The number of hydrogen-bond acceptors (Lipinski definition) is 6. The molecule has 0 unspecified atom stereocenters. The quantitative estimate of drug-likeness (QED) is 0.608. The number of aliphatic imine (C=N–C) groups is 1. The second-order valence-electron chi connectivity index (χ2n) is 5.59. The molecule has 0 aliphatic carbocycles. The van der Waals surface area contributed by atoms with Crippen molar-refractivity contribution in [3.63, 3.8) is 0 Å². The molecule has 0 radical (unpaired) electrons. The Labute approximate surface area is 154 Å². The summed E-state index contributed by atoms with van der Waals surface area (Å²) in [5, 5.41) is 1.66. The van der Waals surface area contributed by atoms with E-state index in [-0.39, 0.29) is 11.6 Å². The molecule has 2 aromatic rings. The van der Waals surface area contributed by atoms with Gasteiger partial charge in [-0.3, -0.25) is 0 Å². The van der Waals surface area contributed by atoms with E-state index in [0.717, 1.165) is 36.2 Å². The normalized spacial score (nSPS) is 19.2. The van der Waals surface area contributed by atoms with Gasteiger partial charge in [-0.15, -0.1) is 11.3 Å². The van der Waals surface area contributed by atoms with Gasteiger partial charge in [0.05, 0.1) is 28.8 Å². The molecule has 128 valence electrons. The minimum atomic E-state index is -0.462. The van der Waals surface area contributed by atoms with Crippen LogP contribution in [0.5, 0.6) is 0 Å². The topological polar surface area (TPSA) is 51.1 Å². The summed E-state index contributed by atoms with van der Waals surface area (Å²) >= 11 is 7.76. The molecular formula is C18H15ClN2O3S. The third-order valence-electron chi connectivity index (χ3n) is 3.94. The summed E-state index contributed by atoms with van der Waals surface area (Å²) in [4.78, 5) is 19.7. The molecule has 1 fully saturated rings. The molecular weight excluding hydrogens is 360 g/mol. The Hall–Kier alpha value is -2.15. The number of ether oxygens (including phenoxy) is 2. The van der Waals surface area contributed by atoms with Crippen LogP contribution in [0.1, 0.15) is 10.4 Å². The van der Waals surface area contributed by atoms with Gasteiger partial charge < -0.3 is 14.4 Å². The Morgan fingerprint density at radius 2 is 1.96 bits per heavy atom. The number of rotatable bonds is 3. The number of thiophene rings is 1. The summed E-state index contributed by atoms with van der Waals surface area (Å²) in [5.74, 6) is -0.219. The highest BCUT2D eigenvalue weighted by Crippen LogP contribution is 2.30. The molecule has 0 spiro atoms. The molecule has 0 amide bonds. The van der Waals surface area contributed by atoms with Crippen LogP contribution in [0.4, 0.5) is 5.00 Å². The number of esters is 1. The van der Waals surface area contributed by atoms with Crippen LogP contribution in [0.25, 0.3) is 6.08 Å². The monoisotopic (exact) mass is 374 g/mol. The number of halogens is 1. The van der Waals surface area contributed by atoms with Crippen LogP contribution < -0.4 is 4.90 Å². The Kier molecular flexibility index (Phi) is 4.57. The standard InChI is InChI=1S/C18H15ClN2O3S/c19-14-4-2-1-3-13(14)17-20-15(18(22)24-17)11-12-5-6-16(25-12)21-7-9-23-10-8-21/h1-6,11H,7-10H2. The van der Waals surface area contributed by atoms with Crippen LogP contribution in [0.3, 0.4) is 0 Å². The summed E-state index contributed by atoms with van der Waals surface area (Å²) in [6, 6.07) is 11.2. The van der Waals surface area contributed by atoms with Gasteiger partial charge in [0.25, 0.3) is 0 Å². The SMILES string of the molecule is O=C1OC(c2ccccc2Cl)=NC1=Cc1ccc(N2CCOCC2)s1. The van der Waals surface area contributed by atoms with Gasteiger partial charge in [-0.25, -0.2) is 9.79 Å². The smallest absolute Gasteiger partial charge is 0.363 e. The van der Waals surface area contributed by atoms with E-state index < -0.39 is 5.97 Å². The molecule has 1 aromatic heterocycles. The Bertz CT molecular complexity index is 869. The fourth-order valence-electron chi connectivity index (χ4n) is 2.67. The van der Waals surface area contributed by atoms with E-state index in [2.05, 4.69) is 16.0 Å². The molecule has 25 heavy (non-hydrogen) atoms. The van der Waals surface area contributed by atoms with Crippen LogP contribution in [0.2, 0.25) is 5.02 Å². The molecule has 3 heterocycles. The van der Waals surface area contributed by atoms with Crippen LogP contribution >= 0.6 is 22.9 Å². The first-order valence-electron chi connectivity index (χ1n) is 7.91. The van der Waals surface area contributed by atoms with Crippen molar-refractivity contribution in [1.29, 1.82) is 0 Å². The number of carbonyl (C=O) groups is 1. The Morgan fingerprint density at radius 1 is 1.16 bits per heavy atom. The van der Waals surface area contributed by atoms with Gasteiger partial charge in [-0.2, -0.15) is 0 Å². The van der Waals surface area contributed by atoms with E-state index in [1.54, 1.807) is 29.5 Å². The van der Waals surface area contributed by atoms with Crippen molar-refractivity contribution < 1.29 is 14.3 Å². The maximum absolute atomic E-state index is 12.1. The van der Waals surface area contributed by atoms with E-state index in [0.29, 0.717) is 10.6 Å². The van der Waals surface area contributed by atoms with E-state index >= 15 is 0 Å². The summed E-state index contributed by atoms with van der Waals surface area (Å²) < 4.78 is 10.6. The molecule has 0 N–H and O–H groups in total. The molecule has 0 atom stereocenters. The van der Waals surface area contributed by atoms with Crippen molar-refractivity contribution in [2.75, 3.05) is 31.2 Å². The molecule has 2 aliphatic rings. The van der Waals surface area contributed by atoms with Crippen LogP contribution in [-0.4, -0.2) is 38.2 Å². The van der Waals surface area contributed by atoms with Crippen LogP contribution in [-0.2, 0) is 14.3 Å². The molecule has 0 bridgehead atoms. The van der Waals surface area contributed by atoms with Crippen LogP contribution in [0.15, 0.2) is 47.1 Å². The highest BCUT2D eigenvalue weighted by Gasteiger charge is 2.25. The first-order chi connectivity index (χ1) is 12.2. The summed E-state index contributed by atoms with van der Waals surface area (Å²) in [6.07, 6.45) is 1.75. The summed E-state index contributed by atoms with van der Waals surface area (Å²) in [7, 11) is 0. The largest absolute Gasteiger partial charge is 0.402 e. The second kappa shape index (κ2) is 7.00. The average Bonchev–Trinajstić information content (AvgIpc) is 3.24. The third-order valence-corrected chi connectivity index (χ3v) is 5.36. The highest BCUT2D eigenvalue weighted by molar-refractivity contribution is 7.16. The Balaban J connectivity index is 1.58. The maximum Gasteiger partial charge on any atom is 0.363 e. The minimum absolute atomic E-state index is 0.242. The zero-order chi connectivity index (χ0) is 17.2. The number of anilines is 1. The van der Waals surface area contributed by atoms with Crippen LogP contribution in [0, 0.1) is 0 Å². The molecule has 7 heteroatoms. The molecule has 1 saturated heterocycles. The molecule has 0 saturated carbocycles. The minimum Gasteiger partial charge on any atom is -0.402 e. The molecule has 5 nitrogen and oxygen atoms in total. The first kappa shape index (κ1) is 16.3. The van der Waals surface area contributed by atoms with Crippen molar-refractivity contribution in [1.82, 2.24) is 0 Å². The maximum atomic E-state index is 12.1. The van der Waals surface area contributed by atoms with E-state index in [1.165, 1.54) is 0 Å². The van der Waals surface area contributed by atoms with Gasteiger partial charge in [0.2, 0.25) is 5.90 Å². The van der Waals surface area contributed by atoms with Gasteiger partial charge in [0.15, 0.2) is 5.70 Å². The predicted molar refractivity (Wildman–Crippen MR) is 99.4 cm³/mol. The number of hydrogen-bond donors (Lipinski definition) is 0. The zero-order valence-electron chi connectivity index (χ0n) is 13.3. The number of cyclic esters (lactones) is 1. The first-order valence-corrected chi connectivity index (χ1v) is 9.10. The van der Waals surface area contributed by atoms with Crippen molar-refractivity contribution in [3.05, 3.63) is 57.6 Å². The lowest BCUT2D eigenvalue weighted by atomic mass is 10.2. The van der Waals surface area contributed by atoms with Gasteiger partial charge >= 0.3 is 5.97 Å². The summed E-state index contributed by atoms with van der Waals surface area (Å²) in [5.41, 5.74) is 0.895. The molecule has 2 aliphatic heterocycles. The van der Waals surface area contributed by atoms with E-state index in [1.807, 2.05) is 18.2 Å². The lowest BCUT2D eigenvalue weighted by Crippen LogP contribution is -2.35. The number of carbonyl (C=O) groups excluding carboxylic acids is 1. The average molecular weight is 375 g/mol.